The first-order valence-electron chi connectivity index (χ1n) is 10.1. The van der Waals surface area contributed by atoms with Gasteiger partial charge in [0, 0.05) is 36.4 Å². The van der Waals surface area contributed by atoms with Gasteiger partial charge in [-0.05, 0) is 60.9 Å². The van der Waals surface area contributed by atoms with Crippen LogP contribution in [0.15, 0.2) is 65.3 Å². The number of benzene rings is 2. The summed E-state index contributed by atoms with van der Waals surface area (Å²) in [6.07, 6.45) is 2.92. The molecule has 0 unspecified atom stereocenters. The second-order valence-electron chi connectivity index (χ2n) is 7.53. The number of nitrogens with zero attached hydrogens (tertiary/aromatic N) is 1. The van der Waals surface area contributed by atoms with Crippen LogP contribution in [0.1, 0.15) is 44.9 Å². The van der Waals surface area contributed by atoms with Gasteiger partial charge in [-0.3, -0.25) is 14.4 Å². The fourth-order valence-corrected chi connectivity index (χ4v) is 3.53. The Balaban J connectivity index is 1.45. The van der Waals surface area contributed by atoms with Crippen molar-refractivity contribution in [3.05, 3.63) is 83.3 Å². The highest BCUT2D eigenvalue weighted by Gasteiger charge is 2.20. The maximum Gasteiger partial charge on any atom is 0.291 e. The number of hydrogen-bond acceptors (Lipinski definition) is 4. The van der Waals surface area contributed by atoms with Gasteiger partial charge in [-0.2, -0.15) is 0 Å². The first-order chi connectivity index (χ1) is 15.0. The number of carbonyl (C=O) groups is 3. The van der Waals surface area contributed by atoms with Gasteiger partial charge in [0.15, 0.2) is 5.76 Å². The predicted molar refractivity (Wildman–Crippen MR) is 117 cm³/mol. The lowest BCUT2D eigenvalue weighted by atomic mass is 10.1. The van der Waals surface area contributed by atoms with E-state index in [9.17, 15) is 14.4 Å². The van der Waals surface area contributed by atoms with Gasteiger partial charge in [-0.15, -0.1) is 0 Å². The molecule has 2 aromatic carbocycles. The molecule has 1 aromatic heterocycles. The number of furan rings is 1. The van der Waals surface area contributed by atoms with Crippen molar-refractivity contribution in [1.82, 2.24) is 4.90 Å². The molecule has 0 radical (unpaired) electrons. The number of anilines is 2. The van der Waals surface area contributed by atoms with Crippen LogP contribution >= 0.6 is 0 Å². The van der Waals surface area contributed by atoms with E-state index in [1.54, 1.807) is 36.4 Å². The van der Waals surface area contributed by atoms with E-state index in [0.29, 0.717) is 29.9 Å². The van der Waals surface area contributed by atoms with Gasteiger partial charge in [0.25, 0.3) is 11.8 Å². The molecule has 3 amide bonds. The molecule has 7 heteroatoms. The zero-order chi connectivity index (χ0) is 21.8. The van der Waals surface area contributed by atoms with Gasteiger partial charge in [-0.25, -0.2) is 0 Å². The molecule has 1 saturated heterocycles. The molecule has 2 N–H and O–H groups in total. The summed E-state index contributed by atoms with van der Waals surface area (Å²) in [4.78, 5) is 38.7. The minimum absolute atomic E-state index is 0.165. The van der Waals surface area contributed by atoms with Gasteiger partial charge in [-0.1, -0.05) is 18.2 Å². The van der Waals surface area contributed by atoms with Gasteiger partial charge < -0.3 is 20.0 Å². The quantitative estimate of drug-likeness (QED) is 0.628. The molecule has 1 fully saturated rings. The number of rotatable bonds is 6. The molecular formula is C24H23N3O4. The Hall–Kier alpha value is -3.87. The molecule has 3 aromatic rings. The number of amides is 3. The SMILES string of the molecule is Cc1ccc(C(=O)Nc2cccc(CN3CCCC3=O)c2)cc1NC(=O)c1ccco1. The molecular weight excluding hydrogens is 394 g/mol. The molecule has 0 aliphatic carbocycles. The lowest BCUT2D eigenvalue weighted by molar-refractivity contribution is -0.128. The van der Waals surface area contributed by atoms with Crippen molar-refractivity contribution in [3.8, 4) is 0 Å². The molecule has 1 aliphatic rings. The summed E-state index contributed by atoms with van der Waals surface area (Å²) in [6.45, 7) is 3.16. The van der Waals surface area contributed by atoms with Crippen LogP contribution in [0.4, 0.5) is 11.4 Å². The number of carbonyl (C=O) groups excluding carboxylic acids is 3. The summed E-state index contributed by atoms with van der Waals surface area (Å²) in [6, 6.07) is 15.8. The topological polar surface area (TPSA) is 91.7 Å². The van der Waals surface area contributed by atoms with Crippen molar-refractivity contribution in [2.24, 2.45) is 0 Å². The monoisotopic (exact) mass is 417 g/mol. The molecule has 7 nitrogen and oxygen atoms in total. The van der Waals surface area contributed by atoms with Crippen LogP contribution < -0.4 is 10.6 Å². The van der Waals surface area contributed by atoms with Crippen molar-refractivity contribution in [2.45, 2.75) is 26.3 Å². The van der Waals surface area contributed by atoms with Gasteiger partial charge >= 0.3 is 0 Å². The van der Waals surface area contributed by atoms with Crippen molar-refractivity contribution in [1.29, 1.82) is 0 Å². The van der Waals surface area contributed by atoms with E-state index in [1.165, 1.54) is 6.26 Å². The highest BCUT2D eigenvalue weighted by Crippen LogP contribution is 2.21. The van der Waals surface area contributed by atoms with Crippen molar-refractivity contribution >= 4 is 29.1 Å². The average Bonchev–Trinajstić information content (AvgIpc) is 3.42. The van der Waals surface area contributed by atoms with E-state index in [-0.39, 0.29) is 23.5 Å². The normalized spacial score (nSPS) is 13.3. The van der Waals surface area contributed by atoms with Crippen molar-refractivity contribution < 1.29 is 18.8 Å². The third kappa shape index (κ3) is 4.83. The summed E-state index contributed by atoms with van der Waals surface area (Å²) in [5, 5.41) is 5.66. The van der Waals surface area contributed by atoms with E-state index in [0.717, 1.165) is 24.1 Å². The Morgan fingerprint density at radius 1 is 1.03 bits per heavy atom. The summed E-state index contributed by atoms with van der Waals surface area (Å²) in [5.74, 6) is -0.307. The molecule has 0 spiro atoms. The van der Waals surface area contributed by atoms with Gasteiger partial charge in [0.05, 0.1) is 6.26 Å². The molecule has 2 heterocycles. The summed E-state index contributed by atoms with van der Waals surface area (Å²) < 4.78 is 5.11. The minimum atomic E-state index is -0.380. The number of hydrogen-bond donors (Lipinski definition) is 2. The summed E-state index contributed by atoms with van der Waals surface area (Å²) in [5.41, 5.74) is 3.39. The molecule has 0 saturated carbocycles. The molecule has 1 aliphatic heterocycles. The smallest absolute Gasteiger partial charge is 0.291 e. The van der Waals surface area contributed by atoms with Gasteiger partial charge in [0.2, 0.25) is 5.91 Å². The standard InChI is InChI=1S/C24H23N3O4/c1-16-9-10-18(14-20(16)26-24(30)21-7-4-12-31-21)23(29)25-19-6-2-5-17(13-19)15-27-11-3-8-22(27)28/h2,4-7,9-10,12-14H,3,8,11,15H2,1H3,(H,25,29)(H,26,30). The fourth-order valence-electron chi connectivity index (χ4n) is 3.53. The van der Waals surface area contributed by atoms with E-state index < -0.39 is 0 Å². The molecule has 31 heavy (non-hydrogen) atoms. The zero-order valence-corrected chi connectivity index (χ0v) is 17.2. The first kappa shape index (κ1) is 20.4. The van der Waals surface area contributed by atoms with Crippen LogP contribution in [-0.4, -0.2) is 29.2 Å². The maximum absolute atomic E-state index is 12.8. The Morgan fingerprint density at radius 2 is 1.90 bits per heavy atom. The van der Waals surface area contributed by atoms with E-state index in [4.69, 9.17) is 4.42 Å². The van der Waals surface area contributed by atoms with Crippen molar-refractivity contribution in [2.75, 3.05) is 17.2 Å². The van der Waals surface area contributed by atoms with E-state index >= 15 is 0 Å². The zero-order valence-electron chi connectivity index (χ0n) is 17.2. The van der Waals surface area contributed by atoms with Crippen LogP contribution in [0.2, 0.25) is 0 Å². The first-order valence-corrected chi connectivity index (χ1v) is 10.1. The van der Waals surface area contributed by atoms with Crippen molar-refractivity contribution in [3.63, 3.8) is 0 Å². The third-order valence-electron chi connectivity index (χ3n) is 5.22. The Kier molecular flexibility index (Phi) is 5.84. The lowest BCUT2D eigenvalue weighted by Gasteiger charge is -2.16. The Morgan fingerprint density at radius 3 is 2.65 bits per heavy atom. The highest BCUT2D eigenvalue weighted by atomic mass is 16.3. The number of aryl methyl sites for hydroxylation is 1. The fraction of sp³-hybridized carbons (Fsp3) is 0.208. The Bertz CT molecular complexity index is 1120. The molecule has 4 rings (SSSR count). The van der Waals surface area contributed by atoms with Crippen LogP contribution in [-0.2, 0) is 11.3 Å². The van der Waals surface area contributed by atoms with E-state index in [1.807, 2.05) is 30.0 Å². The average molecular weight is 417 g/mol. The third-order valence-corrected chi connectivity index (χ3v) is 5.22. The van der Waals surface area contributed by atoms with Gasteiger partial charge in [0.1, 0.15) is 0 Å². The largest absolute Gasteiger partial charge is 0.459 e. The molecule has 0 bridgehead atoms. The minimum Gasteiger partial charge on any atom is -0.459 e. The Labute approximate surface area is 180 Å². The second kappa shape index (κ2) is 8.87. The lowest BCUT2D eigenvalue weighted by Crippen LogP contribution is -2.23. The number of nitrogens with one attached hydrogen (secondary N) is 2. The maximum atomic E-state index is 12.8. The van der Waals surface area contributed by atoms with Crippen LogP contribution in [0, 0.1) is 6.92 Å². The highest BCUT2D eigenvalue weighted by molar-refractivity contribution is 6.07. The van der Waals surface area contributed by atoms with E-state index in [2.05, 4.69) is 10.6 Å². The van der Waals surface area contributed by atoms with Crippen LogP contribution in [0.3, 0.4) is 0 Å². The molecule has 0 atom stereocenters. The summed E-state index contributed by atoms with van der Waals surface area (Å²) in [7, 11) is 0. The van der Waals surface area contributed by atoms with Crippen LogP contribution in [0.25, 0.3) is 0 Å². The molecule has 158 valence electrons. The summed E-state index contributed by atoms with van der Waals surface area (Å²) >= 11 is 0. The predicted octanol–water partition coefficient (Wildman–Crippen LogP) is 4.22. The van der Waals surface area contributed by atoms with Crippen LogP contribution in [0.5, 0.6) is 0 Å². The number of likely N-dealkylation sites (tertiary alicyclic amines) is 1. The second-order valence-corrected chi connectivity index (χ2v) is 7.53.